The van der Waals surface area contributed by atoms with E-state index in [1.807, 2.05) is 0 Å². The number of carbonyl (C=O) groups is 2. The van der Waals surface area contributed by atoms with Crippen molar-refractivity contribution >= 4 is 27.1 Å². The first kappa shape index (κ1) is 8.72. The van der Waals surface area contributed by atoms with Crippen LogP contribution in [-0.2, 0) is 19.9 Å². The molecule has 1 saturated heterocycles. The van der Waals surface area contributed by atoms with Gasteiger partial charge in [-0.1, -0.05) is 0 Å². The molecule has 0 aromatic heterocycles. The van der Waals surface area contributed by atoms with Crippen LogP contribution in [0.25, 0.3) is 0 Å². The minimum absolute atomic E-state index is 0.241. The molecule has 0 bridgehead atoms. The minimum Gasteiger partial charge on any atom is -0.363 e. The maximum atomic E-state index is 10.7. The van der Waals surface area contributed by atoms with E-state index in [-0.39, 0.29) is 13.0 Å². The highest BCUT2D eigenvalue weighted by atomic mass is 32.2. The summed E-state index contributed by atoms with van der Waals surface area (Å²) in [5.41, 5.74) is 4.75. The Morgan fingerprint density at radius 1 is 1.50 bits per heavy atom. The van der Waals surface area contributed by atoms with Crippen LogP contribution in [0.15, 0.2) is 0 Å². The molecular weight excluding hydrogens is 184 g/mol. The van der Waals surface area contributed by atoms with Gasteiger partial charge in [0, 0.05) is 13.0 Å². The molecule has 0 spiro atoms. The van der Waals surface area contributed by atoms with Crippen molar-refractivity contribution in [2.24, 2.45) is 5.73 Å². The number of nitrogens with two attached hydrogens (primary N) is 1. The van der Waals surface area contributed by atoms with E-state index in [0.29, 0.717) is 0 Å². The van der Waals surface area contributed by atoms with Gasteiger partial charge in [0.2, 0.25) is 21.2 Å². The average molecular weight is 190 g/mol. The SMILES string of the molecule is NC(=O)C(N1CCC1=O)=S(=O)=O. The van der Waals surface area contributed by atoms with E-state index in [1.165, 1.54) is 0 Å². The van der Waals surface area contributed by atoms with Gasteiger partial charge in [-0.15, -0.1) is 0 Å². The van der Waals surface area contributed by atoms with Crippen molar-refractivity contribution in [3.05, 3.63) is 0 Å². The number of β-lactam (4-membered cyclic amide) rings is 1. The van der Waals surface area contributed by atoms with Gasteiger partial charge in [0.25, 0.3) is 5.91 Å². The van der Waals surface area contributed by atoms with Gasteiger partial charge in [-0.25, -0.2) is 0 Å². The molecule has 0 unspecified atom stereocenters. The third-order valence-corrected chi connectivity index (χ3v) is 2.20. The molecule has 2 N–H and O–H groups in total. The first-order chi connectivity index (χ1) is 5.54. The molecule has 1 aliphatic heterocycles. The largest absolute Gasteiger partial charge is 0.363 e. The van der Waals surface area contributed by atoms with E-state index >= 15 is 0 Å². The van der Waals surface area contributed by atoms with Gasteiger partial charge in [0.05, 0.1) is 0 Å². The topological polar surface area (TPSA) is 97.5 Å². The van der Waals surface area contributed by atoms with Gasteiger partial charge in [-0.05, 0) is 0 Å². The summed E-state index contributed by atoms with van der Waals surface area (Å²) in [5.74, 6) is -1.50. The number of likely N-dealkylation sites (tertiary alicyclic amines) is 1. The maximum absolute atomic E-state index is 10.7. The van der Waals surface area contributed by atoms with Crippen molar-refractivity contribution in [3.8, 4) is 0 Å². The number of carbonyl (C=O) groups excluding carboxylic acids is 2. The van der Waals surface area contributed by atoms with Gasteiger partial charge in [-0.2, -0.15) is 8.42 Å². The third kappa shape index (κ3) is 1.30. The summed E-state index contributed by atoms with van der Waals surface area (Å²) >= 11 is 0. The van der Waals surface area contributed by atoms with Gasteiger partial charge < -0.3 is 5.73 Å². The Kier molecular flexibility index (Phi) is 2.13. The summed E-state index contributed by atoms with van der Waals surface area (Å²) in [4.78, 5) is 21.4. The molecule has 0 radical (unpaired) electrons. The number of rotatable bonds is 0. The highest BCUT2D eigenvalue weighted by Crippen LogP contribution is 2.08. The fourth-order valence-electron chi connectivity index (χ4n) is 0.835. The first-order valence-electron chi connectivity index (χ1n) is 3.10. The Bertz CT molecular complexity index is 361. The minimum atomic E-state index is -2.74. The zero-order valence-corrected chi connectivity index (χ0v) is 6.80. The van der Waals surface area contributed by atoms with Crippen molar-refractivity contribution in [2.45, 2.75) is 6.42 Å². The molecule has 1 rings (SSSR count). The van der Waals surface area contributed by atoms with Gasteiger partial charge in [-0.3, -0.25) is 14.5 Å². The molecule has 2 amide bonds. The molecule has 1 fully saturated rings. The van der Waals surface area contributed by atoms with Crippen LogP contribution in [0.5, 0.6) is 0 Å². The van der Waals surface area contributed by atoms with E-state index < -0.39 is 27.1 Å². The normalized spacial score (nSPS) is 15.3. The Labute approximate surface area is 69.5 Å². The van der Waals surface area contributed by atoms with E-state index in [2.05, 4.69) is 0 Å². The second-order valence-electron chi connectivity index (χ2n) is 2.20. The molecule has 1 aliphatic rings. The first-order valence-corrected chi connectivity index (χ1v) is 4.18. The van der Waals surface area contributed by atoms with Crippen LogP contribution < -0.4 is 5.73 Å². The van der Waals surface area contributed by atoms with E-state index in [9.17, 15) is 18.0 Å². The number of nitrogens with zero attached hydrogens (tertiary/aromatic N) is 1. The van der Waals surface area contributed by atoms with E-state index in [0.717, 1.165) is 4.90 Å². The molecule has 0 aromatic rings. The van der Waals surface area contributed by atoms with Gasteiger partial charge >= 0.3 is 0 Å². The lowest BCUT2D eigenvalue weighted by Gasteiger charge is -2.28. The molecule has 6 nitrogen and oxygen atoms in total. The molecule has 66 valence electrons. The summed E-state index contributed by atoms with van der Waals surface area (Å²) in [6, 6.07) is 0. The predicted octanol–water partition coefficient (Wildman–Crippen LogP) is -2.29. The fraction of sp³-hybridized carbons (Fsp3) is 0.400. The predicted molar refractivity (Wildman–Crippen MR) is 39.5 cm³/mol. The Hall–Kier alpha value is -1.37. The van der Waals surface area contributed by atoms with Crippen LogP contribution in [-0.4, -0.2) is 36.7 Å². The lowest BCUT2D eigenvalue weighted by molar-refractivity contribution is -0.135. The average Bonchev–Trinajstić information content (AvgIpc) is 1.95. The summed E-state index contributed by atoms with van der Waals surface area (Å²) in [6.45, 7) is 0.241. The molecule has 12 heavy (non-hydrogen) atoms. The lowest BCUT2D eigenvalue weighted by Crippen LogP contribution is -2.52. The zero-order valence-electron chi connectivity index (χ0n) is 5.98. The standard InChI is InChI=1S/C5H6N2O4S/c6-4(9)5(12(10)11)7-2-1-3(7)8/h1-2H2,(H2,6,9). The highest BCUT2D eigenvalue weighted by Gasteiger charge is 2.32. The number of hydrogen-bond acceptors (Lipinski definition) is 4. The molecule has 0 atom stereocenters. The Balaban J connectivity index is 3.05. The third-order valence-electron chi connectivity index (χ3n) is 1.46. The molecule has 1 heterocycles. The van der Waals surface area contributed by atoms with Crippen LogP contribution in [0.3, 0.4) is 0 Å². The Morgan fingerprint density at radius 3 is 2.17 bits per heavy atom. The van der Waals surface area contributed by atoms with Crippen LogP contribution in [0.1, 0.15) is 6.42 Å². The summed E-state index contributed by atoms with van der Waals surface area (Å²) in [5, 5.41) is 0. The second-order valence-corrected chi connectivity index (χ2v) is 3.06. The number of amides is 2. The van der Waals surface area contributed by atoms with E-state index in [1.54, 1.807) is 0 Å². The molecule has 0 aliphatic carbocycles. The highest BCUT2D eigenvalue weighted by molar-refractivity contribution is 7.74. The van der Waals surface area contributed by atoms with Crippen molar-refractivity contribution < 1.29 is 18.0 Å². The lowest BCUT2D eigenvalue weighted by atomic mass is 10.2. The molecular formula is C5H6N2O4S. The van der Waals surface area contributed by atoms with Crippen molar-refractivity contribution in [1.29, 1.82) is 0 Å². The molecule has 7 heteroatoms. The van der Waals surface area contributed by atoms with Crippen molar-refractivity contribution in [3.63, 3.8) is 0 Å². The summed E-state index contributed by atoms with van der Waals surface area (Å²) in [7, 11) is -2.74. The zero-order chi connectivity index (χ0) is 9.30. The van der Waals surface area contributed by atoms with Gasteiger partial charge in [0.1, 0.15) is 0 Å². The number of hydrogen-bond donors (Lipinski definition) is 1. The van der Waals surface area contributed by atoms with Crippen molar-refractivity contribution in [2.75, 3.05) is 6.54 Å². The second kappa shape index (κ2) is 2.94. The van der Waals surface area contributed by atoms with Crippen LogP contribution in [0.4, 0.5) is 0 Å². The van der Waals surface area contributed by atoms with Crippen LogP contribution in [0.2, 0.25) is 0 Å². The maximum Gasteiger partial charge on any atom is 0.281 e. The summed E-state index contributed by atoms with van der Waals surface area (Å²) in [6.07, 6.45) is 0.258. The van der Waals surface area contributed by atoms with Crippen LogP contribution in [0, 0.1) is 0 Å². The quantitative estimate of drug-likeness (QED) is 0.343. The molecule has 0 aromatic carbocycles. The van der Waals surface area contributed by atoms with Gasteiger partial charge in [0.15, 0.2) is 0 Å². The molecule has 0 saturated carbocycles. The summed E-state index contributed by atoms with van der Waals surface area (Å²) < 4.78 is 20.8. The van der Waals surface area contributed by atoms with Crippen molar-refractivity contribution in [1.82, 2.24) is 4.90 Å². The Morgan fingerprint density at radius 2 is 2.08 bits per heavy atom. The van der Waals surface area contributed by atoms with Crippen LogP contribution >= 0.6 is 0 Å². The number of primary amides is 1. The monoisotopic (exact) mass is 190 g/mol. The van der Waals surface area contributed by atoms with E-state index in [4.69, 9.17) is 5.73 Å². The smallest absolute Gasteiger partial charge is 0.281 e. The fourth-order valence-corrected chi connectivity index (χ4v) is 1.37.